The zero-order valence-corrected chi connectivity index (χ0v) is 11.4. The van der Waals surface area contributed by atoms with Crippen LogP contribution in [-0.2, 0) is 14.6 Å². The molecule has 102 valence electrons. The van der Waals surface area contributed by atoms with Gasteiger partial charge in [0.2, 0.25) is 5.91 Å². The summed E-state index contributed by atoms with van der Waals surface area (Å²) in [5, 5.41) is 2.97. The average molecular weight is 271 g/mol. The van der Waals surface area contributed by atoms with E-state index in [1.54, 1.807) is 0 Å². The summed E-state index contributed by atoms with van der Waals surface area (Å²) in [5.41, 5.74) is 0. The van der Waals surface area contributed by atoms with Crippen LogP contribution in [0.25, 0.3) is 0 Å². The van der Waals surface area contributed by atoms with E-state index in [2.05, 4.69) is 5.32 Å². The van der Waals surface area contributed by atoms with Crippen molar-refractivity contribution in [2.45, 2.75) is 44.6 Å². The predicted octanol–water partition coefficient (Wildman–Crippen LogP) is 1.12. The van der Waals surface area contributed by atoms with Crippen molar-refractivity contribution in [2.75, 3.05) is 11.5 Å². The second-order valence-corrected chi connectivity index (χ2v) is 8.33. The molecule has 0 aromatic rings. The van der Waals surface area contributed by atoms with Gasteiger partial charge in [0, 0.05) is 12.0 Å². The molecule has 3 aliphatic rings. The van der Waals surface area contributed by atoms with Gasteiger partial charge in [0.05, 0.1) is 11.5 Å². The number of hydrogen-bond acceptors (Lipinski definition) is 3. The molecule has 3 atom stereocenters. The third-order valence-electron chi connectivity index (χ3n) is 4.77. The number of fused-ring (bicyclic) bond motifs is 1. The molecule has 1 heterocycles. The van der Waals surface area contributed by atoms with Gasteiger partial charge >= 0.3 is 0 Å². The van der Waals surface area contributed by atoms with Gasteiger partial charge in [0.25, 0.3) is 0 Å². The highest BCUT2D eigenvalue weighted by atomic mass is 32.2. The van der Waals surface area contributed by atoms with Crippen molar-refractivity contribution in [2.24, 2.45) is 17.8 Å². The molecule has 0 aromatic heterocycles. The topological polar surface area (TPSA) is 63.2 Å². The summed E-state index contributed by atoms with van der Waals surface area (Å²) in [6.45, 7) is 0. The Hall–Kier alpha value is -0.580. The highest BCUT2D eigenvalue weighted by Gasteiger charge is 2.54. The maximum atomic E-state index is 12.1. The quantitative estimate of drug-likeness (QED) is 0.818. The monoisotopic (exact) mass is 271 g/mol. The lowest BCUT2D eigenvalue weighted by Gasteiger charge is -2.23. The molecule has 0 spiro atoms. The molecule has 4 nitrogen and oxygen atoms in total. The van der Waals surface area contributed by atoms with Gasteiger partial charge in [-0.2, -0.15) is 0 Å². The van der Waals surface area contributed by atoms with Crippen LogP contribution in [0.15, 0.2) is 0 Å². The maximum Gasteiger partial charge on any atom is 0.223 e. The van der Waals surface area contributed by atoms with Gasteiger partial charge < -0.3 is 5.32 Å². The van der Waals surface area contributed by atoms with Crippen LogP contribution < -0.4 is 5.32 Å². The lowest BCUT2D eigenvalue weighted by atomic mass is 10.0. The molecule has 0 bridgehead atoms. The van der Waals surface area contributed by atoms with Crippen LogP contribution in [0.1, 0.15) is 38.5 Å². The molecule has 0 aromatic carbocycles. The molecule has 3 rings (SSSR count). The minimum Gasteiger partial charge on any atom is -0.352 e. The van der Waals surface area contributed by atoms with Gasteiger partial charge in [-0.15, -0.1) is 0 Å². The van der Waals surface area contributed by atoms with E-state index in [4.69, 9.17) is 0 Å². The van der Waals surface area contributed by atoms with Crippen LogP contribution in [0.2, 0.25) is 0 Å². The van der Waals surface area contributed by atoms with E-state index in [0.29, 0.717) is 18.3 Å². The van der Waals surface area contributed by atoms with Crippen molar-refractivity contribution < 1.29 is 13.2 Å². The summed E-state index contributed by atoms with van der Waals surface area (Å²) in [4.78, 5) is 12.1. The van der Waals surface area contributed by atoms with Crippen LogP contribution >= 0.6 is 0 Å². The number of carbonyl (C=O) groups excluding carboxylic acids is 1. The van der Waals surface area contributed by atoms with Gasteiger partial charge in [-0.3, -0.25) is 4.79 Å². The Bertz CT molecular complexity index is 433. The first-order valence-corrected chi connectivity index (χ1v) is 8.90. The maximum absolute atomic E-state index is 12.1. The highest BCUT2D eigenvalue weighted by Crippen LogP contribution is 2.55. The van der Waals surface area contributed by atoms with Crippen molar-refractivity contribution >= 4 is 15.7 Å². The van der Waals surface area contributed by atoms with Gasteiger partial charge in [-0.1, -0.05) is 12.8 Å². The summed E-state index contributed by atoms with van der Waals surface area (Å²) in [7, 11) is -2.92. The molecule has 2 saturated carbocycles. The van der Waals surface area contributed by atoms with E-state index in [-0.39, 0.29) is 29.4 Å². The molecular weight excluding hydrogens is 250 g/mol. The molecule has 1 amide bonds. The third kappa shape index (κ3) is 2.42. The first-order chi connectivity index (χ1) is 8.57. The normalized spacial score (nSPS) is 41.8. The molecule has 0 radical (unpaired) electrons. The van der Waals surface area contributed by atoms with Crippen LogP contribution in [-0.4, -0.2) is 31.9 Å². The van der Waals surface area contributed by atoms with Crippen molar-refractivity contribution in [3.05, 3.63) is 0 Å². The largest absolute Gasteiger partial charge is 0.352 e. The number of nitrogens with one attached hydrogen (secondary N) is 1. The summed E-state index contributed by atoms with van der Waals surface area (Å²) < 4.78 is 23.1. The average Bonchev–Trinajstić information content (AvgIpc) is 3.01. The Balaban J connectivity index is 1.55. The smallest absolute Gasteiger partial charge is 0.223 e. The number of rotatable bonds is 2. The van der Waals surface area contributed by atoms with E-state index in [9.17, 15) is 13.2 Å². The Labute approximate surface area is 108 Å². The Kier molecular flexibility index (Phi) is 3.12. The van der Waals surface area contributed by atoms with Crippen LogP contribution in [0.3, 0.4) is 0 Å². The molecule has 1 saturated heterocycles. The van der Waals surface area contributed by atoms with E-state index in [1.165, 1.54) is 25.7 Å². The first kappa shape index (κ1) is 12.5. The molecule has 18 heavy (non-hydrogen) atoms. The zero-order valence-electron chi connectivity index (χ0n) is 10.6. The Morgan fingerprint density at radius 1 is 1.00 bits per heavy atom. The molecule has 5 heteroatoms. The van der Waals surface area contributed by atoms with Gasteiger partial charge in [-0.05, 0) is 37.5 Å². The van der Waals surface area contributed by atoms with Crippen molar-refractivity contribution in [1.29, 1.82) is 0 Å². The fourth-order valence-electron chi connectivity index (χ4n) is 3.82. The molecule has 3 unspecified atom stereocenters. The zero-order chi connectivity index (χ0) is 12.8. The molecule has 1 aliphatic heterocycles. The highest BCUT2D eigenvalue weighted by molar-refractivity contribution is 7.91. The second kappa shape index (κ2) is 4.51. The number of amides is 1. The van der Waals surface area contributed by atoms with E-state index in [0.717, 1.165) is 6.42 Å². The minimum absolute atomic E-state index is 0.119. The standard InChI is InChI=1S/C13H21NO3S/c15-13(12-10-5-1-2-6-11(10)12)14-9-4-3-7-18(16,17)8-9/h9-12H,1-8H2,(H,14,15). The second-order valence-electron chi connectivity index (χ2n) is 6.10. The fourth-order valence-corrected chi connectivity index (χ4v) is 5.45. The molecule has 2 aliphatic carbocycles. The Morgan fingerprint density at radius 2 is 1.67 bits per heavy atom. The minimum atomic E-state index is -2.92. The Morgan fingerprint density at radius 3 is 2.28 bits per heavy atom. The van der Waals surface area contributed by atoms with Crippen molar-refractivity contribution in [3.63, 3.8) is 0 Å². The molecule has 3 fully saturated rings. The first-order valence-electron chi connectivity index (χ1n) is 7.08. The number of carbonyl (C=O) groups is 1. The lowest BCUT2D eigenvalue weighted by Crippen LogP contribution is -2.44. The lowest BCUT2D eigenvalue weighted by molar-refractivity contribution is -0.123. The summed E-state index contributed by atoms with van der Waals surface area (Å²) in [6.07, 6.45) is 6.38. The predicted molar refractivity (Wildman–Crippen MR) is 68.8 cm³/mol. The summed E-state index contributed by atoms with van der Waals surface area (Å²) in [5.74, 6) is 1.93. The number of hydrogen-bond donors (Lipinski definition) is 1. The SMILES string of the molecule is O=C(NC1CCCS(=O)(=O)C1)C1C2CCCCC21. The van der Waals surface area contributed by atoms with Gasteiger partial charge in [0.1, 0.15) is 0 Å². The molecule has 1 N–H and O–H groups in total. The third-order valence-corrected chi connectivity index (χ3v) is 6.59. The van der Waals surface area contributed by atoms with Crippen molar-refractivity contribution in [1.82, 2.24) is 5.32 Å². The van der Waals surface area contributed by atoms with Gasteiger partial charge in [-0.25, -0.2) is 8.42 Å². The van der Waals surface area contributed by atoms with Crippen LogP contribution in [0.5, 0.6) is 0 Å². The van der Waals surface area contributed by atoms with Crippen LogP contribution in [0, 0.1) is 17.8 Å². The molecular formula is C13H21NO3S. The number of sulfone groups is 1. The van der Waals surface area contributed by atoms with E-state index < -0.39 is 9.84 Å². The summed E-state index contributed by atoms with van der Waals surface area (Å²) in [6, 6.07) is -0.140. The van der Waals surface area contributed by atoms with E-state index >= 15 is 0 Å². The van der Waals surface area contributed by atoms with Crippen LogP contribution in [0.4, 0.5) is 0 Å². The fraction of sp³-hybridized carbons (Fsp3) is 0.923. The van der Waals surface area contributed by atoms with Crippen molar-refractivity contribution in [3.8, 4) is 0 Å². The summed E-state index contributed by atoms with van der Waals surface area (Å²) >= 11 is 0. The van der Waals surface area contributed by atoms with Gasteiger partial charge in [0.15, 0.2) is 9.84 Å². The van der Waals surface area contributed by atoms with E-state index in [1.807, 2.05) is 0 Å².